The van der Waals surface area contributed by atoms with E-state index in [1.807, 2.05) is 24.3 Å². The second-order valence-electron chi connectivity index (χ2n) is 3.92. The van der Waals surface area contributed by atoms with Gasteiger partial charge in [0.1, 0.15) is 11.5 Å². The van der Waals surface area contributed by atoms with E-state index in [0.29, 0.717) is 6.61 Å². The van der Waals surface area contributed by atoms with Gasteiger partial charge in [-0.2, -0.15) is 0 Å². The lowest BCUT2D eigenvalue weighted by Gasteiger charge is -2.24. The van der Waals surface area contributed by atoms with Gasteiger partial charge in [-0.25, -0.2) is 0 Å². The normalized spacial score (nSPS) is 11.4. The SMILES string of the molecule is COc1ccc(OCCC[Si](OC)(OC)OC)cc1. The molecule has 1 rings (SSSR count). The summed E-state index contributed by atoms with van der Waals surface area (Å²) < 4.78 is 26.7. The first-order chi connectivity index (χ1) is 9.19. The average Bonchev–Trinajstić information content (AvgIpc) is 2.49. The molecule has 5 nitrogen and oxygen atoms in total. The first-order valence-electron chi connectivity index (χ1n) is 6.12. The Morgan fingerprint density at radius 3 is 1.84 bits per heavy atom. The standard InChI is InChI=1S/C13H22O5Si/c1-14-12-6-8-13(9-7-12)18-10-5-11-19(15-2,16-3)17-4/h6-9H,5,10-11H2,1-4H3. The second-order valence-corrected chi connectivity index (χ2v) is 7.01. The third kappa shape index (κ3) is 4.83. The molecule has 0 radical (unpaired) electrons. The third-order valence-electron chi connectivity index (χ3n) is 2.89. The number of rotatable bonds is 9. The summed E-state index contributed by atoms with van der Waals surface area (Å²) in [5.74, 6) is 1.64. The van der Waals surface area contributed by atoms with Crippen LogP contribution in [-0.2, 0) is 13.3 Å². The van der Waals surface area contributed by atoms with Crippen molar-refractivity contribution in [3.8, 4) is 11.5 Å². The number of benzene rings is 1. The molecule has 0 N–H and O–H groups in total. The van der Waals surface area contributed by atoms with Crippen LogP contribution in [0.4, 0.5) is 0 Å². The Morgan fingerprint density at radius 1 is 0.842 bits per heavy atom. The van der Waals surface area contributed by atoms with Crippen LogP contribution in [0.5, 0.6) is 11.5 Å². The van der Waals surface area contributed by atoms with Crippen LogP contribution in [0.3, 0.4) is 0 Å². The first-order valence-corrected chi connectivity index (χ1v) is 8.05. The highest BCUT2D eigenvalue weighted by atomic mass is 28.4. The minimum Gasteiger partial charge on any atom is -0.497 e. The number of ether oxygens (including phenoxy) is 2. The molecule has 108 valence electrons. The molecule has 0 fully saturated rings. The maximum atomic E-state index is 5.63. The first kappa shape index (κ1) is 16.0. The van der Waals surface area contributed by atoms with Crippen molar-refractivity contribution >= 4 is 8.80 Å². The summed E-state index contributed by atoms with van der Waals surface area (Å²) in [5, 5.41) is 0. The Hall–Kier alpha value is -1.08. The van der Waals surface area contributed by atoms with E-state index in [1.165, 1.54) is 0 Å². The van der Waals surface area contributed by atoms with Gasteiger partial charge in [0, 0.05) is 27.4 Å². The van der Waals surface area contributed by atoms with E-state index in [-0.39, 0.29) is 0 Å². The zero-order chi connectivity index (χ0) is 14.1. The maximum absolute atomic E-state index is 5.63. The lowest BCUT2D eigenvalue weighted by atomic mass is 10.3. The summed E-state index contributed by atoms with van der Waals surface area (Å²) in [6.45, 7) is 0.594. The van der Waals surface area contributed by atoms with Crippen molar-refractivity contribution in [3.63, 3.8) is 0 Å². The van der Waals surface area contributed by atoms with Crippen LogP contribution in [-0.4, -0.2) is 43.9 Å². The molecule has 0 aliphatic rings. The highest BCUT2D eigenvalue weighted by molar-refractivity contribution is 6.60. The molecule has 0 heterocycles. The van der Waals surface area contributed by atoms with E-state index < -0.39 is 8.80 Å². The molecule has 19 heavy (non-hydrogen) atoms. The van der Waals surface area contributed by atoms with E-state index in [0.717, 1.165) is 24.0 Å². The van der Waals surface area contributed by atoms with Crippen molar-refractivity contribution in [1.82, 2.24) is 0 Å². The van der Waals surface area contributed by atoms with E-state index in [4.69, 9.17) is 22.8 Å². The van der Waals surface area contributed by atoms with Gasteiger partial charge in [-0.15, -0.1) is 0 Å². The highest BCUT2D eigenvalue weighted by Gasteiger charge is 2.36. The van der Waals surface area contributed by atoms with E-state index >= 15 is 0 Å². The molecule has 0 bridgehead atoms. The Bertz CT molecular complexity index is 342. The zero-order valence-electron chi connectivity index (χ0n) is 12.0. The fourth-order valence-electron chi connectivity index (χ4n) is 1.71. The predicted molar refractivity (Wildman–Crippen MR) is 74.7 cm³/mol. The molecule has 0 aromatic heterocycles. The third-order valence-corrected chi connectivity index (χ3v) is 5.72. The Balaban J connectivity index is 2.33. The molecule has 0 saturated heterocycles. The van der Waals surface area contributed by atoms with Gasteiger partial charge in [0.2, 0.25) is 0 Å². The van der Waals surface area contributed by atoms with Crippen LogP contribution < -0.4 is 9.47 Å². The van der Waals surface area contributed by atoms with Gasteiger partial charge in [-0.1, -0.05) is 0 Å². The number of methoxy groups -OCH3 is 1. The molecule has 6 heteroatoms. The summed E-state index contributed by atoms with van der Waals surface area (Å²) in [7, 11) is 4.01. The minimum atomic E-state index is -2.47. The molecule has 1 aromatic carbocycles. The Labute approximate surface area is 115 Å². The van der Waals surface area contributed by atoms with E-state index in [2.05, 4.69) is 0 Å². The summed E-state index contributed by atoms with van der Waals surface area (Å²) in [6, 6.07) is 8.23. The molecular weight excluding hydrogens is 264 g/mol. The van der Waals surface area contributed by atoms with Crippen LogP contribution in [0.25, 0.3) is 0 Å². The largest absolute Gasteiger partial charge is 0.500 e. The van der Waals surface area contributed by atoms with Crippen molar-refractivity contribution < 1.29 is 22.8 Å². The highest BCUT2D eigenvalue weighted by Crippen LogP contribution is 2.19. The molecule has 0 unspecified atom stereocenters. The van der Waals surface area contributed by atoms with E-state index in [1.54, 1.807) is 28.4 Å². The van der Waals surface area contributed by atoms with Crippen molar-refractivity contribution in [1.29, 1.82) is 0 Å². The van der Waals surface area contributed by atoms with Crippen LogP contribution in [0.1, 0.15) is 6.42 Å². The number of hydrogen-bond donors (Lipinski definition) is 0. The van der Waals surface area contributed by atoms with Crippen molar-refractivity contribution in [2.45, 2.75) is 12.5 Å². The predicted octanol–water partition coefficient (Wildman–Crippen LogP) is 2.34. The summed E-state index contributed by atoms with van der Waals surface area (Å²) in [5.41, 5.74) is 0. The van der Waals surface area contributed by atoms with Gasteiger partial charge in [0.15, 0.2) is 0 Å². The quantitative estimate of drug-likeness (QED) is 0.515. The molecule has 0 saturated carbocycles. The van der Waals surface area contributed by atoms with Gasteiger partial charge in [0.05, 0.1) is 13.7 Å². The van der Waals surface area contributed by atoms with Gasteiger partial charge in [-0.3, -0.25) is 0 Å². The molecule has 0 atom stereocenters. The summed E-state index contributed by atoms with van der Waals surface area (Å²) in [4.78, 5) is 0. The molecule has 0 aliphatic carbocycles. The maximum Gasteiger partial charge on any atom is 0.500 e. The molecule has 0 spiro atoms. The fourth-order valence-corrected chi connectivity index (χ4v) is 3.40. The van der Waals surface area contributed by atoms with Crippen molar-refractivity contribution in [2.75, 3.05) is 35.0 Å². The topological polar surface area (TPSA) is 46.2 Å². The molecule has 0 aliphatic heterocycles. The second kappa shape index (κ2) is 8.16. The van der Waals surface area contributed by atoms with Crippen LogP contribution in [0, 0.1) is 0 Å². The van der Waals surface area contributed by atoms with Crippen molar-refractivity contribution in [3.05, 3.63) is 24.3 Å². The van der Waals surface area contributed by atoms with Gasteiger partial charge < -0.3 is 22.8 Å². The monoisotopic (exact) mass is 286 g/mol. The van der Waals surface area contributed by atoms with Gasteiger partial charge >= 0.3 is 8.80 Å². The van der Waals surface area contributed by atoms with Crippen LogP contribution in [0.15, 0.2) is 24.3 Å². The lowest BCUT2D eigenvalue weighted by molar-refractivity contribution is 0.121. The van der Waals surface area contributed by atoms with Gasteiger partial charge in [-0.05, 0) is 30.7 Å². The van der Waals surface area contributed by atoms with E-state index in [9.17, 15) is 0 Å². The Kier molecular flexibility index (Phi) is 6.86. The van der Waals surface area contributed by atoms with Crippen LogP contribution >= 0.6 is 0 Å². The van der Waals surface area contributed by atoms with Crippen molar-refractivity contribution in [2.24, 2.45) is 0 Å². The average molecular weight is 286 g/mol. The lowest BCUT2D eigenvalue weighted by Crippen LogP contribution is -2.42. The molecule has 0 amide bonds. The van der Waals surface area contributed by atoms with Crippen LogP contribution in [0.2, 0.25) is 6.04 Å². The Morgan fingerprint density at radius 2 is 1.37 bits per heavy atom. The summed E-state index contributed by atoms with van der Waals surface area (Å²) >= 11 is 0. The minimum absolute atomic E-state index is 0.594. The zero-order valence-corrected chi connectivity index (χ0v) is 13.0. The smallest absolute Gasteiger partial charge is 0.497 e. The summed E-state index contributed by atoms with van der Waals surface area (Å²) in [6.07, 6.45) is 0.813. The molecular formula is C13H22O5Si. The van der Waals surface area contributed by atoms with Gasteiger partial charge in [0.25, 0.3) is 0 Å². The molecule has 1 aromatic rings. The number of hydrogen-bond acceptors (Lipinski definition) is 5. The fraction of sp³-hybridized carbons (Fsp3) is 0.538.